The van der Waals surface area contributed by atoms with Gasteiger partial charge in [-0.1, -0.05) is 36.4 Å². The fourth-order valence-electron chi connectivity index (χ4n) is 2.66. The largest absolute Gasteiger partial charge is 0.469 e. The lowest BCUT2D eigenvalue weighted by molar-refractivity contribution is -0.139. The summed E-state index contributed by atoms with van der Waals surface area (Å²) in [5.41, 5.74) is 1.33. The topological polar surface area (TPSA) is 55.8 Å². The summed E-state index contributed by atoms with van der Waals surface area (Å²) in [7, 11) is 1.38. The third kappa shape index (κ3) is 4.85. The molecule has 5 heteroatoms. The van der Waals surface area contributed by atoms with Gasteiger partial charge in [0.1, 0.15) is 5.60 Å². The molecule has 0 spiro atoms. The van der Waals surface area contributed by atoms with Crippen LogP contribution in [0.5, 0.6) is 0 Å². The second-order valence-corrected chi connectivity index (χ2v) is 6.85. The fraction of sp³-hybridized carbons (Fsp3) is 0.474. The van der Waals surface area contributed by atoms with Crippen molar-refractivity contribution < 1.29 is 19.1 Å². The summed E-state index contributed by atoms with van der Waals surface area (Å²) >= 11 is 0. The summed E-state index contributed by atoms with van der Waals surface area (Å²) in [6, 6.07) is 7.62. The van der Waals surface area contributed by atoms with E-state index in [4.69, 9.17) is 9.47 Å². The Bertz CT molecular complexity index is 630. The standard InChI is InChI=1S/C19H25NO4/c1-19(2,3)24-18(22)20-11-6-5-10-16(20)15-9-7-8-14(12-15)13-17(21)23-4/h5-9,12,16H,10-11,13H2,1-4H3. The second-order valence-electron chi connectivity index (χ2n) is 6.85. The maximum absolute atomic E-state index is 12.5. The van der Waals surface area contributed by atoms with Crippen molar-refractivity contribution in [2.24, 2.45) is 0 Å². The van der Waals surface area contributed by atoms with Crippen molar-refractivity contribution in [2.75, 3.05) is 13.7 Å². The molecule has 0 N–H and O–H groups in total. The average molecular weight is 331 g/mol. The van der Waals surface area contributed by atoms with Gasteiger partial charge >= 0.3 is 12.1 Å². The van der Waals surface area contributed by atoms with Crippen LogP contribution in [0.25, 0.3) is 0 Å². The van der Waals surface area contributed by atoms with Crippen molar-refractivity contribution in [3.63, 3.8) is 0 Å². The van der Waals surface area contributed by atoms with E-state index in [-0.39, 0.29) is 24.5 Å². The summed E-state index contributed by atoms with van der Waals surface area (Å²) in [6.07, 6.45) is 4.66. The summed E-state index contributed by atoms with van der Waals surface area (Å²) in [5.74, 6) is -0.278. The number of hydrogen-bond acceptors (Lipinski definition) is 4. The highest BCUT2D eigenvalue weighted by molar-refractivity contribution is 5.72. The molecule has 0 saturated heterocycles. The van der Waals surface area contributed by atoms with E-state index in [9.17, 15) is 9.59 Å². The molecule has 0 bridgehead atoms. The number of methoxy groups -OCH3 is 1. The first-order valence-electron chi connectivity index (χ1n) is 8.10. The second kappa shape index (κ2) is 7.51. The van der Waals surface area contributed by atoms with Crippen LogP contribution in [0.2, 0.25) is 0 Å². The minimum absolute atomic E-state index is 0.0950. The van der Waals surface area contributed by atoms with E-state index in [0.29, 0.717) is 6.54 Å². The molecular weight excluding hydrogens is 306 g/mol. The first-order valence-corrected chi connectivity index (χ1v) is 8.10. The van der Waals surface area contributed by atoms with Crippen molar-refractivity contribution in [1.29, 1.82) is 0 Å². The van der Waals surface area contributed by atoms with Gasteiger partial charge in [0.15, 0.2) is 0 Å². The first-order chi connectivity index (χ1) is 11.3. The van der Waals surface area contributed by atoms with Gasteiger partial charge in [0.25, 0.3) is 0 Å². The smallest absolute Gasteiger partial charge is 0.411 e. The van der Waals surface area contributed by atoms with Gasteiger partial charge in [-0.2, -0.15) is 0 Å². The number of benzene rings is 1. The Hall–Kier alpha value is -2.30. The number of carbonyl (C=O) groups is 2. The molecule has 2 rings (SSSR count). The molecule has 1 atom stereocenters. The van der Waals surface area contributed by atoms with Crippen molar-refractivity contribution in [3.8, 4) is 0 Å². The lowest BCUT2D eigenvalue weighted by Crippen LogP contribution is -2.40. The Labute approximate surface area is 143 Å². The Balaban J connectivity index is 2.21. The summed E-state index contributed by atoms with van der Waals surface area (Å²) in [5, 5.41) is 0. The van der Waals surface area contributed by atoms with E-state index in [2.05, 4.69) is 6.08 Å². The normalized spacial score (nSPS) is 17.5. The molecule has 1 unspecified atom stereocenters. The molecule has 1 aromatic rings. The highest BCUT2D eigenvalue weighted by Gasteiger charge is 2.29. The SMILES string of the molecule is COC(=O)Cc1cccc(C2CC=CCN2C(=O)OC(C)(C)C)c1. The van der Waals surface area contributed by atoms with Gasteiger partial charge in [-0.15, -0.1) is 0 Å². The zero-order valence-corrected chi connectivity index (χ0v) is 14.7. The van der Waals surface area contributed by atoms with Gasteiger partial charge < -0.3 is 9.47 Å². The van der Waals surface area contributed by atoms with Gasteiger partial charge in [-0.25, -0.2) is 4.79 Å². The van der Waals surface area contributed by atoms with Crippen molar-refractivity contribution in [1.82, 2.24) is 4.90 Å². The molecule has 0 radical (unpaired) electrons. The number of ether oxygens (including phenoxy) is 2. The van der Waals surface area contributed by atoms with Gasteiger partial charge in [-0.3, -0.25) is 9.69 Å². The maximum atomic E-state index is 12.5. The number of nitrogens with zero attached hydrogens (tertiary/aromatic N) is 1. The predicted octanol–water partition coefficient (Wildman–Crippen LogP) is 3.64. The van der Waals surface area contributed by atoms with Crippen LogP contribution in [-0.4, -0.2) is 36.2 Å². The molecule has 24 heavy (non-hydrogen) atoms. The molecule has 1 aliphatic heterocycles. The number of esters is 1. The van der Waals surface area contributed by atoms with Crippen molar-refractivity contribution >= 4 is 12.1 Å². The van der Waals surface area contributed by atoms with E-state index < -0.39 is 5.60 Å². The number of rotatable bonds is 3. The van der Waals surface area contributed by atoms with E-state index >= 15 is 0 Å². The highest BCUT2D eigenvalue weighted by Crippen LogP contribution is 2.30. The minimum atomic E-state index is -0.532. The van der Waals surface area contributed by atoms with Crippen LogP contribution in [0, 0.1) is 0 Å². The monoisotopic (exact) mass is 331 g/mol. The van der Waals surface area contributed by atoms with Gasteiger partial charge in [-0.05, 0) is 38.3 Å². The zero-order valence-electron chi connectivity index (χ0n) is 14.7. The van der Waals surface area contributed by atoms with Gasteiger partial charge in [0, 0.05) is 6.54 Å². The molecule has 0 aliphatic carbocycles. The van der Waals surface area contributed by atoms with Crippen LogP contribution in [0.1, 0.15) is 44.4 Å². The van der Waals surface area contributed by atoms with E-state index in [0.717, 1.165) is 17.5 Å². The molecule has 130 valence electrons. The van der Waals surface area contributed by atoms with Crippen molar-refractivity contribution in [3.05, 3.63) is 47.5 Å². The van der Waals surface area contributed by atoms with Crippen LogP contribution in [0.15, 0.2) is 36.4 Å². The van der Waals surface area contributed by atoms with E-state index in [1.54, 1.807) is 4.90 Å². The highest BCUT2D eigenvalue weighted by atomic mass is 16.6. The number of carbonyl (C=O) groups excluding carboxylic acids is 2. The quantitative estimate of drug-likeness (QED) is 0.627. The van der Waals surface area contributed by atoms with Crippen LogP contribution < -0.4 is 0 Å². The third-order valence-electron chi connectivity index (χ3n) is 3.74. The average Bonchev–Trinajstić information content (AvgIpc) is 2.53. The predicted molar refractivity (Wildman–Crippen MR) is 91.6 cm³/mol. The minimum Gasteiger partial charge on any atom is -0.469 e. The third-order valence-corrected chi connectivity index (χ3v) is 3.74. The Morgan fingerprint density at radius 2 is 2.00 bits per heavy atom. The van der Waals surface area contributed by atoms with Crippen LogP contribution >= 0.6 is 0 Å². The molecule has 1 aliphatic rings. The molecular formula is C19H25NO4. The Kier molecular flexibility index (Phi) is 5.65. The van der Waals surface area contributed by atoms with Crippen LogP contribution in [0.4, 0.5) is 4.79 Å². The summed E-state index contributed by atoms with van der Waals surface area (Å²) < 4.78 is 10.2. The van der Waals surface area contributed by atoms with Crippen molar-refractivity contribution in [2.45, 2.75) is 45.3 Å². The molecule has 0 fully saturated rings. The Morgan fingerprint density at radius 1 is 1.25 bits per heavy atom. The molecule has 0 aromatic heterocycles. The molecule has 1 aromatic carbocycles. The first kappa shape index (κ1) is 18.0. The number of hydrogen-bond donors (Lipinski definition) is 0. The van der Waals surface area contributed by atoms with E-state index in [1.165, 1.54) is 7.11 Å². The lowest BCUT2D eigenvalue weighted by atomic mass is 9.97. The zero-order chi connectivity index (χ0) is 17.7. The number of amides is 1. The fourth-order valence-corrected chi connectivity index (χ4v) is 2.66. The summed E-state index contributed by atoms with van der Waals surface area (Å²) in [6.45, 7) is 6.09. The maximum Gasteiger partial charge on any atom is 0.411 e. The molecule has 5 nitrogen and oxygen atoms in total. The molecule has 0 saturated carbocycles. The van der Waals surface area contributed by atoms with Crippen LogP contribution in [-0.2, 0) is 20.7 Å². The van der Waals surface area contributed by atoms with Gasteiger partial charge in [0.05, 0.1) is 19.6 Å². The Morgan fingerprint density at radius 3 is 2.67 bits per heavy atom. The van der Waals surface area contributed by atoms with Gasteiger partial charge in [0.2, 0.25) is 0 Å². The lowest BCUT2D eigenvalue weighted by Gasteiger charge is -2.35. The molecule has 1 heterocycles. The van der Waals surface area contributed by atoms with Crippen LogP contribution in [0.3, 0.4) is 0 Å². The summed E-state index contributed by atoms with van der Waals surface area (Å²) in [4.78, 5) is 25.7. The van der Waals surface area contributed by atoms with E-state index in [1.807, 2.05) is 51.1 Å². The molecule has 1 amide bonds.